The van der Waals surface area contributed by atoms with Crippen molar-refractivity contribution in [3.63, 3.8) is 0 Å². The molecule has 1 heteroatoms. The van der Waals surface area contributed by atoms with Crippen LogP contribution in [0.3, 0.4) is 0 Å². The molecule has 0 fully saturated rings. The Balaban J connectivity index is 3.21. The van der Waals surface area contributed by atoms with Gasteiger partial charge in [0.2, 0.25) is 0 Å². The molecule has 0 rings (SSSR count). The minimum absolute atomic E-state index is 0.810. The van der Waals surface area contributed by atoms with E-state index in [0.717, 1.165) is 18.0 Å². The molecule has 0 aliphatic heterocycles. The number of hydrogen-bond acceptors (Lipinski definition) is 1. The van der Waals surface area contributed by atoms with Crippen LogP contribution in [-0.2, 0) is 0 Å². The Bertz CT molecular complexity index is 96.9. The number of nitrogens with two attached hydrogens (primary N) is 1. The fraction of sp³-hybridized carbons (Fsp3) is 0.778. The van der Waals surface area contributed by atoms with Crippen molar-refractivity contribution in [2.24, 2.45) is 11.7 Å². The molecule has 0 aromatic carbocycles. The van der Waals surface area contributed by atoms with Crippen LogP contribution in [0.5, 0.6) is 0 Å². The number of rotatable bonds is 5. The summed E-state index contributed by atoms with van der Waals surface area (Å²) < 4.78 is 0. The third-order valence-corrected chi connectivity index (χ3v) is 1.74. The van der Waals surface area contributed by atoms with E-state index in [0.29, 0.717) is 0 Å². The molecule has 0 saturated heterocycles. The van der Waals surface area contributed by atoms with Gasteiger partial charge >= 0.3 is 0 Å². The Morgan fingerprint density at radius 1 is 1.50 bits per heavy atom. The summed E-state index contributed by atoms with van der Waals surface area (Å²) in [5.74, 6) is 0.810. The van der Waals surface area contributed by atoms with Crippen molar-refractivity contribution >= 4 is 0 Å². The Labute approximate surface area is 64.3 Å². The topological polar surface area (TPSA) is 26.0 Å². The second kappa shape index (κ2) is 5.33. The lowest BCUT2D eigenvalue weighted by atomic mass is 10.00. The van der Waals surface area contributed by atoms with Gasteiger partial charge in [-0.05, 0) is 18.8 Å². The van der Waals surface area contributed by atoms with Crippen LogP contribution in [0, 0.1) is 5.92 Å². The van der Waals surface area contributed by atoms with E-state index in [9.17, 15) is 0 Å². The predicted octanol–water partition coefficient (Wildman–Crippen LogP) is 2.68. The van der Waals surface area contributed by atoms with Gasteiger partial charge in [-0.2, -0.15) is 0 Å². The van der Waals surface area contributed by atoms with E-state index in [2.05, 4.69) is 20.4 Å². The monoisotopic (exact) mass is 141 g/mol. The van der Waals surface area contributed by atoms with Crippen molar-refractivity contribution in [2.45, 2.75) is 39.5 Å². The maximum absolute atomic E-state index is 5.44. The summed E-state index contributed by atoms with van der Waals surface area (Å²) in [4.78, 5) is 0. The molecule has 0 saturated carbocycles. The van der Waals surface area contributed by atoms with Crippen LogP contribution in [0.15, 0.2) is 12.3 Å². The van der Waals surface area contributed by atoms with Gasteiger partial charge in [0.15, 0.2) is 0 Å². The zero-order chi connectivity index (χ0) is 7.98. The van der Waals surface area contributed by atoms with Crippen LogP contribution in [0.2, 0.25) is 0 Å². The van der Waals surface area contributed by atoms with Gasteiger partial charge in [0.1, 0.15) is 0 Å². The molecule has 0 aliphatic carbocycles. The van der Waals surface area contributed by atoms with E-state index in [-0.39, 0.29) is 0 Å². The third kappa shape index (κ3) is 5.67. The van der Waals surface area contributed by atoms with E-state index >= 15 is 0 Å². The fourth-order valence-electron chi connectivity index (χ4n) is 1.07. The Hall–Kier alpha value is -0.460. The number of allylic oxidation sites excluding steroid dienone is 1. The first-order chi connectivity index (χ1) is 4.66. The molecule has 0 heterocycles. The molecule has 0 aromatic heterocycles. The summed E-state index contributed by atoms with van der Waals surface area (Å²) in [6.07, 6.45) is 4.77. The van der Waals surface area contributed by atoms with Gasteiger partial charge in [0.05, 0.1) is 0 Å². The Morgan fingerprint density at radius 2 is 2.10 bits per heavy atom. The second-order valence-corrected chi connectivity index (χ2v) is 3.09. The van der Waals surface area contributed by atoms with Gasteiger partial charge in [-0.1, -0.05) is 33.3 Å². The quantitative estimate of drug-likeness (QED) is 0.626. The smallest absolute Gasteiger partial charge is 0.000754 e. The highest BCUT2D eigenvalue weighted by atomic mass is 14.6. The van der Waals surface area contributed by atoms with Gasteiger partial charge < -0.3 is 5.73 Å². The van der Waals surface area contributed by atoms with Crippen LogP contribution >= 0.6 is 0 Å². The summed E-state index contributed by atoms with van der Waals surface area (Å²) in [7, 11) is 0. The second-order valence-electron chi connectivity index (χ2n) is 3.09. The van der Waals surface area contributed by atoms with Crippen LogP contribution < -0.4 is 5.73 Å². The maximum Gasteiger partial charge on any atom is 0.000754 e. The fourth-order valence-corrected chi connectivity index (χ4v) is 1.07. The highest BCUT2D eigenvalue weighted by Gasteiger charge is 1.99. The van der Waals surface area contributed by atoms with E-state index in [1.807, 2.05) is 0 Å². The summed E-state index contributed by atoms with van der Waals surface area (Å²) >= 11 is 0. The molecule has 0 aromatic rings. The van der Waals surface area contributed by atoms with Crippen molar-refractivity contribution in [1.82, 2.24) is 0 Å². The maximum atomic E-state index is 5.44. The summed E-state index contributed by atoms with van der Waals surface area (Å²) in [5, 5.41) is 0. The highest BCUT2D eigenvalue weighted by molar-refractivity contribution is 4.85. The summed E-state index contributed by atoms with van der Waals surface area (Å²) in [6.45, 7) is 8.15. The zero-order valence-corrected chi connectivity index (χ0v) is 7.19. The average molecular weight is 141 g/mol. The van der Waals surface area contributed by atoms with Crippen molar-refractivity contribution in [3.8, 4) is 0 Å². The molecule has 0 aliphatic rings. The summed E-state index contributed by atoms with van der Waals surface area (Å²) in [5.41, 5.74) is 6.26. The summed E-state index contributed by atoms with van der Waals surface area (Å²) in [6, 6.07) is 0. The standard InChI is InChI=1S/C9H19N/c1-4-5-8(2)6-7-9(3)10/h8H,3-7,10H2,1-2H3. The van der Waals surface area contributed by atoms with Gasteiger partial charge in [-0.25, -0.2) is 0 Å². The molecule has 0 amide bonds. The average Bonchev–Trinajstić information content (AvgIpc) is 1.85. The lowest BCUT2D eigenvalue weighted by molar-refractivity contribution is 0.485. The first-order valence-corrected chi connectivity index (χ1v) is 4.10. The van der Waals surface area contributed by atoms with Gasteiger partial charge in [0.25, 0.3) is 0 Å². The number of hydrogen-bond donors (Lipinski definition) is 1. The van der Waals surface area contributed by atoms with Crippen molar-refractivity contribution < 1.29 is 0 Å². The predicted molar refractivity (Wildman–Crippen MR) is 46.6 cm³/mol. The third-order valence-electron chi connectivity index (χ3n) is 1.74. The first kappa shape index (κ1) is 9.54. The largest absolute Gasteiger partial charge is 0.403 e. The van der Waals surface area contributed by atoms with Crippen molar-refractivity contribution in [2.75, 3.05) is 0 Å². The Morgan fingerprint density at radius 3 is 2.50 bits per heavy atom. The lowest BCUT2D eigenvalue weighted by Gasteiger charge is -2.08. The molecular formula is C9H19N. The minimum Gasteiger partial charge on any atom is -0.403 e. The van der Waals surface area contributed by atoms with Crippen molar-refractivity contribution in [1.29, 1.82) is 0 Å². The van der Waals surface area contributed by atoms with Crippen molar-refractivity contribution in [3.05, 3.63) is 12.3 Å². The van der Waals surface area contributed by atoms with E-state index < -0.39 is 0 Å². The van der Waals surface area contributed by atoms with E-state index in [4.69, 9.17) is 5.73 Å². The van der Waals surface area contributed by atoms with E-state index in [1.54, 1.807) is 0 Å². The zero-order valence-electron chi connectivity index (χ0n) is 7.19. The van der Waals surface area contributed by atoms with Crippen LogP contribution in [0.1, 0.15) is 39.5 Å². The molecule has 0 bridgehead atoms. The molecule has 1 nitrogen and oxygen atoms in total. The van der Waals surface area contributed by atoms with Gasteiger partial charge in [-0.3, -0.25) is 0 Å². The molecule has 0 spiro atoms. The molecule has 1 unspecified atom stereocenters. The SMILES string of the molecule is C=C(N)CCC(C)CCC. The molecule has 60 valence electrons. The molecule has 0 radical (unpaired) electrons. The van der Waals surface area contributed by atoms with Crippen LogP contribution in [0.4, 0.5) is 0 Å². The van der Waals surface area contributed by atoms with Crippen LogP contribution in [0.25, 0.3) is 0 Å². The molecule has 1 atom stereocenters. The molecule has 2 N–H and O–H groups in total. The van der Waals surface area contributed by atoms with Gasteiger partial charge in [-0.15, -0.1) is 0 Å². The van der Waals surface area contributed by atoms with E-state index in [1.165, 1.54) is 19.3 Å². The van der Waals surface area contributed by atoms with Gasteiger partial charge in [0, 0.05) is 5.70 Å². The highest BCUT2D eigenvalue weighted by Crippen LogP contribution is 2.13. The normalized spacial score (nSPS) is 13.0. The molecular weight excluding hydrogens is 122 g/mol. The molecule has 10 heavy (non-hydrogen) atoms. The van der Waals surface area contributed by atoms with Crippen LogP contribution in [-0.4, -0.2) is 0 Å². The Kier molecular flexibility index (Phi) is 5.09. The minimum atomic E-state index is 0.810. The first-order valence-electron chi connectivity index (χ1n) is 4.10. The lowest BCUT2D eigenvalue weighted by Crippen LogP contribution is -1.99.